The van der Waals surface area contributed by atoms with Crippen molar-refractivity contribution >= 4 is 11.8 Å². The highest BCUT2D eigenvalue weighted by atomic mass is 16.2. The third kappa shape index (κ3) is 5.04. The first kappa shape index (κ1) is 18.4. The number of nitrogens with one attached hydrogen (secondary N) is 2. The summed E-state index contributed by atoms with van der Waals surface area (Å²) in [6.07, 6.45) is 3.50. The Bertz CT molecular complexity index is 580. The van der Waals surface area contributed by atoms with Gasteiger partial charge in [-0.05, 0) is 44.6 Å². The maximum absolute atomic E-state index is 12.2. The third-order valence-corrected chi connectivity index (χ3v) is 4.43. The van der Waals surface area contributed by atoms with Gasteiger partial charge in [0.1, 0.15) is 0 Å². The number of rotatable bonds is 7. The molecule has 0 saturated heterocycles. The molecule has 1 fully saturated rings. The molecule has 24 heavy (non-hydrogen) atoms. The van der Waals surface area contributed by atoms with Crippen LogP contribution in [0.1, 0.15) is 41.6 Å². The lowest BCUT2D eigenvalue weighted by atomic mass is 9.98. The van der Waals surface area contributed by atoms with E-state index in [9.17, 15) is 9.59 Å². The quantitative estimate of drug-likeness (QED) is 0.691. The fourth-order valence-corrected chi connectivity index (χ4v) is 2.91. The summed E-state index contributed by atoms with van der Waals surface area (Å²) < 4.78 is 0. The molecule has 0 atom stereocenters. The summed E-state index contributed by atoms with van der Waals surface area (Å²) in [6.45, 7) is 1.78. The predicted molar refractivity (Wildman–Crippen MR) is 94.6 cm³/mol. The second-order valence-corrected chi connectivity index (χ2v) is 6.81. The molecule has 6 nitrogen and oxygen atoms in total. The Hall–Kier alpha value is -1.92. The smallest absolute Gasteiger partial charge is 0.251 e. The highest BCUT2D eigenvalue weighted by molar-refractivity contribution is 5.94. The molecule has 1 saturated carbocycles. The molecule has 2 amide bonds. The monoisotopic (exact) mass is 332 g/mol. The molecule has 1 aliphatic carbocycles. The van der Waals surface area contributed by atoms with Gasteiger partial charge in [0.25, 0.3) is 5.91 Å². The molecule has 132 valence electrons. The SMILES string of the molecule is CN(C)CCNC(=O)c1cccc(CNC(=O)C2(N)CCCC2)c1. The topological polar surface area (TPSA) is 87.5 Å². The van der Waals surface area contributed by atoms with Crippen molar-refractivity contribution in [3.8, 4) is 0 Å². The van der Waals surface area contributed by atoms with Gasteiger partial charge in [-0.25, -0.2) is 0 Å². The molecule has 0 spiro atoms. The van der Waals surface area contributed by atoms with Gasteiger partial charge in [-0.15, -0.1) is 0 Å². The van der Waals surface area contributed by atoms with E-state index < -0.39 is 5.54 Å². The molecule has 1 aromatic carbocycles. The van der Waals surface area contributed by atoms with E-state index in [1.165, 1.54) is 0 Å². The summed E-state index contributed by atoms with van der Waals surface area (Å²) in [5.41, 5.74) is 6.92. The molecular formula is C18H28N4O2. The van der Waals surface area contributed by atoms with Crippen LogP contribution in [0.4, 0.5) is 0 Å². The first-order valence-corrected chi connectivity index (χ1v) is 8.50. The summed E-state index contributed by atoms with van der Waals surface area (Å²) in [4.78, 5) is 26.4. The molecule has 1 aliphatic rings. The second kappa shape index (κ2) is 8.26. The Morgan fingerprint density at radius 3 is 2.58 bits per heavy atom. The number of carbonyl (C=O) groups is 2. The minimum absolute atomic E-state index is 0.0964. The van der Waals surface area contributed by atoms with Crippen LogP contribution in [0.2, 0.25) is 0 Å². The summed E-state index contributed by atoms with van der Waals surface area (Å²) in [6, 6.07) is 7.31. The van der Waals surface area contributed by atoms with Crippen LogP contribution in [-0.2, 0) is 11.3 Å². The van der Waals surface area contributed by atoms with Crippen molar-refractivity contribution in [3.63, 3.8) is 0 Å². The van der Waals surface area contributed by atoms with E-state index in [1.807, 2.05) is 37.2 Å². The van der Waals surface area contributed by atoms with Crippen molar-refractivity contribution < 1.29 is 9.59 Å². The van der Waals surface area contributed by atoms with E-state index in [0.717, 1.165) is 37.8 Å². The van der Waals surface area contributed by atoms with Crippen LogP contribution in [0.3, 0.4) is 0 Å². The van der Waals surface area contributed by atoms with Gasteiger partial charge in [-0.3, -0.25) is 9.59 Å². The van der Waals surface area contributed by atoms with Gasteiger partial charge >= 0.3 is 0 Å². The minimum Gasteiger partial charge on any atom is -0.351 e. The molecule has 6 heteroatoms. The fourth-order valence-electron chi connectivity index (χ4n) is 2.91. The molecule has 0 radical (unpaired) electrons. The van der Waals surface area contributed by atoms with Crippen molar-refractivity contribution in [2.45, 2.75) is 37.8 Å². The number of benzene rings is 1. The molecule has 2 rings (SSSR count). The Kier molecular flexibility index (Phi) is 6.34. The first-order chi connectivity index (χ1) is 11.4. The molecule has 4 N–H and O–H groups in total. The number of carbonyl (C=O) groups excluding carboxylic acids is 2. The van der Waals surface area contributed by atoms with E-state index in [1.54, 1.807) is 6.07 Å². The zero-order valence-electron chi connectivity index (χ0n) is 14.6. The predicted octanol–water partition coefficient (Wildman–Crippen LogP) is 0.866. The van der Waals surface area contributed by atoms with Gasteiger partial charge in [0.15, 0.2) is 0 Å². The maximum atomic E-state index is 12.2. The van der Waals surface area contributed by atoms with Gasteiger partial charge in [0.05, 0.1) is 5.54 Å². The van der Waals surface area contributed by atoms with Crippen molar-refractivity contribution in [2.24, 2.45) is 5.73 Å². The third-order valence-electron chi connectivity index (χ3n) is 4.43. The van der Waals surface area contributed by atoms with Crippen LogP contribution in [-0.4, -0.2) is 49.4 Å². The van der Waals surface area contributed by atoms with E-state index in [4.69, 9.17) is 5.73 Å². The molecule has 0 heterocycles. The molecule has 0 bridgehead atoms. The van der Waals surface area contributed by atoms with Crippen molar-refractivity contribution in [1.82, 2.24) is 15.5 Å². The average Bonchev–Trinajstić information content (AvgIpc) is 3.00. The lowest BCUT2D eigenvalue weighted by Crippen LogP contribution is -2.51. The summed E-state index contributed by atoms with van der Waals surface area (Å²) in [5, 5.41) is 5.79. The first-order valence-electron chi connectivity index (χ1n) is 8.50. The summed E-state index contributed by atoms with van der Waals surface area (Å²) in [5.74, 6) is -0.197. The van der Waals surface area contributed by atoms with Crippen LogP contribution in [0.5, 0.6) is 0 Å². The number of amides is 2. The zero-order valence-corrected chi connectivity index (χ0v) is 14.6. The summed E-state index contributed by atoms with van der Waals surface area (Å²) >= 11 is 0. The Labute approximate surface area is 143 Å². The molecule has 1 aromatic rings. The Balaban J connectivity index is 1.88. The van der Waals surface area contributed by atoms with E-state index in [0.29, 0.717) is 18.7 Å². The highest BCUT2D eigenvalue weighted by Gasteiger charge is 2.36. The summed E-state index contributed by atoms with van der Waals surface area (Å²) in [7, 11) is 3.92. The van der Waals surface area contributed by atoms with E-state index >= 15 is 0 Å². The maximum Gasteiger partial charge on any atom is 0.251 e. The number of nitrogens with zero attached hydrogens (tertiary/aromatic N) is 1. The normalized spacial score (nSPS) is 16.2. The van der Waals surface area contributed by atoms with Crippen LogP contribution >= 0.6 is 0 Å². The minimum atomic E-state index is -0.721. The fraction of sp³-hybridized carbons (Fsp3) is 0.556. The molecular weight excluding hydrogens is 304 g/mol. The van der Waals surface area contributed by atoms with Gasteiger partial charge in [0.2, 0.25) is 5.91 Å². The van der Waals surface area contributed by atoms with Crippen LogP contribution in [0, 0.1) is 0 Å². The van der Waals surface area contributed by atoms with Gasteiger partial charge < -0.3 is 21.3 Å². The van der Waals surface area contributed by atoms with Gasteiger partial charge in [-0.1, -0.05) is 25.0 Å². The Morgan fingerprint density at radius 2 is 1.92 bits per heavy atom. The largest absolute Gasteiger partial charge is 0.351 e. The molecule has 0 aliphatic heterocycles. The standard InChI is InChI=1S/C18H28N4O2/c1-22(2)11-10-20-16(23)15-7-5-6-14(12-15)13-21-17(24)18(19)8-3-4-9-18/h5-7,12H,3-4,8-11,13,19H2,1-2H3,(H,20,23)(H,21,24). The average molecular weight is 332 g/mol. The number of likely N-dealkylation sites (N-methyl/N-ethyl adjacent to an activating group) is 1. The highest BCUT2D eigenvalue weighted by Crippen LogP contribution is 2.27. The lowest BCUT2D eigenvalue weighted by molar-refractivity contribution is -0.126. The van der Waals surface area contributed by atoms with Crippen molar-refractivity contribution in [3.05, 3.63) is 35.4 Å². The number of nitrogens with two attached hydrogens (primary N) is 1. The lowest BCUT2D eigenvalue weighted by Gasteiger charge is -2.22. The Morgan fingerprint density at radius 1 is 1.21 bits per heavy atom. The number of hydrogen-bond donors (Lipinski definition) is 3. The molecule has 0 unspecified atom stereocenters. The van der Waals surface area contributed by atoms with Gasteiger partial charge in [0, 0.05) is 25.2 Å². The van der Waals surface area contributed by atoms with E-state index in [-0.39, 0.29) is 11.8 Å². The van der Waals surface area contributed by atoms with Crippen LogP contribution in [0.25, 0.3) is 0 Å². The van der Waals surface area contributed by atoms with E-state index in [2.05, 4.69) is 10.6 Å². The second-order valence-electron chi connectivity index (χ2n) is 6.81. The van der Waals surface area contributed by atoms with Crippen molar-refractivity contribution in [2.75, 3.05) is 27.2 Å². The van der Waals surface area contributed by atoms with Crippen LogP contribution in [0.15, 0.2) is 24.3 Å². The van der Waals surface area contributed by atoms with Crippen molar-refractivity contribution in [1.29, 1.82) is 0 Å². The zero-order chi connectivity index (χ0) is 17.6. The number of hydrogen-bond acceptors (Lipinski definition) is 4. The molecule has 0 aromatic heterocycles. The van der Waals surface area contributed by atoms with Crippen LogP contribution < -0.4 is 16.4 Å². The van der Waals surface area contributed by atoms with Gasteiger partial charge in [-0.2, -0.15) is 0 Å².